The van der Waals surface area contributed by atoms with Crippen LogP contribution in [0.1, 0.15) is 25.3 Å². The molecule has 0 fully saturated rings. The van der Waals surface area contributed by atoms with Crippen LogP contribution >= 0.6 is 0 Å². The molecule has 0 N–H and O–H groups in total. The fraction of sp³-hybridized carbons (Fsp3) is 0.444. The zero-order chi connectivity index (χ0) is 22.7. The van der Waals surface area contributed by atoms with Gasteiger partial charge in [0.15, 0.2) is 5.70 Å². The molecule has 1 aromatic rings. The number of esters is 2. The number of rotatable bonds is 5. The molecule has 6 nitrogen and oxygen atoms in total. The SMILES string of the molecule is CCOC(=O)C1=C(C(F)(F)F)N=C(C(F)(F)F)C(C(=O)OCC)C1c1ccncc1. The normalized spacial score (nSPS) is 19.9. The highest BCUT2D eigenvalue weighted by Gasteiger charge is 2.56. The van der Waals surface area contributed by atoms with Crippen LogP contribution in [0, 0.1) is 5.92 Å². The number of carbonyl (C=O) groups excluding carboxylic acids is 2. The van der Waals surface area contributed by atoms with Crippen LogP contribution in [0.25, 0.3) is 0 Å². The summed E-state index contributed by atoms with van der Waals surface area (Å²) in [5.74, 6) is -7.36. The summed E-state index contributed by atoms with van der Waals surface area (Å²) in [5.41, 5.74) is -5.48. The fourth-order valence-corrected chi connectivity index (χ4v) is 3.02. The second kappa shape index (κ2) is 8.84. The van der Waals surface area contributed by atoms with Gasteiger partial charge >= 0.3 is 24.3 Å². The highest BCUT2D eigenvalue weighted by molar-refractivity contribution is 6.10. The van der Waals surface area contributed by atoms with Crippen molar-refractivity contribution in [1.82, 2.24) is 4.98 Å². The lowest BCUT2D eigenvalue weighted by Crippen LogP contribution is -2.45. The van der Waals surface area contributed by atoms with E-state index >= 15 is 0 Å². The number of hydrogen-bond donors (Lipinski definition) is 0. The summed E-state index contributed by atoms with van der Waals surface area (Å²) in [6.45, 7) is 1.93. The summed E-state index contributed by atoms with van der Waals surface area (Å²) >= 11 is 0. The maximum atomic E-state index is 13.7. The number of hydrogen-bond acceptors (Lipinski definition) is 6. The Morgan fingerprint density at radius 3 is 2.00 bits per heavy atom. The topological polar surface area (TPSA) is 77.8 Å². The predicted molar refractivity (Wildman–Crippen MR) is 90.3 cm³/mol. The molecule has 0 bridgehead atoms. The molecule has 12 heteroatoms. The summed E-state index contributed by atoms with van der Waals surface area (Å²) in [4.78, 5) is 31.2. The van der Waals surface area contributed by atoms with Crippen molar-refractivity contribution in [2.45, 2.75) is 32.1 Å². The third kappa shape index (κ3) is 4.79. The Bertz CT molecular complexity index is 862. The Labute approximate surface area is 166 Å². The average molecular weight is 438 g/mol. The third-order valence-electron chi connectivity index (χ3n) is 4.09. The zero-order valence-electron chi connectivity index (χ0n) is 15.7. The zero-order valence-corrected chi connectivity index (χ0v) is 15.7. The van der Waals surface area contributed by atoms with Crippen molar-refractivity contribution in [2.24, 2.45) is 10.9 Å². The van der Waals surface area contributed by atoms with Gasteiger partial charge in [-0.15, -0.1) is 0 Å². The van der Waals surface area contributed by atoms with Gasteiger partial charge in [-0.2, -0.15) is 26.3 Å². The van der Waals surface area contributed by atoms with Crippen LogP contribution in [0.5, 0.6) is 0 Å². The summed E-state index contributed by atoms with van der Waals surface area (Å²) in [6.07, 6.45) is -8.62. The molecule has 1 aromatic heterocycles. The minimum Gasteiger partial charge on any atom is -0.465 e. The molecule has 0 saturated carbocycles. The second-order valence-corrected chi connectivity index (χ2v) is 5.96. The van der Waals surface area contributed by atoms with Gasteiger partial charge in [-0.1, -0.05) is 0 Å². The van der Waals surface area contributed by atoms with E-state index in [0.29, 0.717) is 0 Å². The summed E-state index contributed by atoms with van der Waals surface area (Å²) < 4.78 is 91.3. The van der Waals surface area contributed by atoms with E-state index in [1.165, 1.54) is 13.8 Å². The summed E-state index contributed by atoms with van der Waals surface area (Å²) in [6, 6.07) is 2.20. The third-order valence-corrected chi connectivity index (χ3v) is 4.09. The fourth-order valence-electron chi connectivity index (χ4n) is 3.02. The molecule has 164 valence electrons. The van der Waals surface area contributed by atoms with Crippen molar-refractivity contribution in [3.8, 4) is 0 Å². The van der Waals surface area contributed by atoms with Gasteiger partial charge in [-0.3, -0.25) is 9.78 Å². The van der Waals surface area contributed by atoms with Crippen molar-refractivity contribution in [1.29, 1.82) is 0 Å². The van der Waals surface area contributed by atoms with Crippen molar-refractivity contribution >= 4 is 17.7 Å². The van der Waals surface area contributed by atoms with Crippen LogP contribution in [-0.2, 0) is 19.1 Å². The molecule has 1 aliphatic rings. The average Bonchev–Trinajstić information content (AvgIpc) is 2.65. The number of nitrogens with zero attached hydrogens (tertiary/aromatic N) is 2. The Balaban J connectivity index is 2.92. The molecule has 0 saturated heterocycles. The Hall–Kier alpha value is -2.92. The van der Waals surface area contributed by atoms with Crippen molar-refractivity contribution < 1.29 is 45.4 Å². The van der Waals surface area contributed by atoms with E-state index < -0.39 is 53.1 Å². The molecule has 0 radical (unpaired) electrons. The first-order valence-corrected chi connectivity index (χ1v) is 8.64. The standard InChI is InChI=1S/C18H16F6N2O4/c1-3-29-15(27)11-10(9-5-7-25-8-6-9)12(16(28)30-4-2)14(18(22,23)24)26-13(11)17(19,20)21/h5-8,10-11H,3-4H2,1-2H3. The Morgan fingerprint density at radius 2 is 1.53 bits per heavy atom. The van der Waals surface area contributed by atoms with E-state index in [1.54, 1.807) is 0 Å². The molecule has 1 aliphatic heterocycles. The van der Waals surface area contributed by atoms with E-state index in [-0.39, 0.29) is 18.8 Å². The van der Waals surface area contributed by atoms with Gasteiger partial charge in [0, 0.05) is 18.3 Å². The lowest BCUT2D eigenvalue weighted by atomic mass is 9.75. The van der Waals surface area contributed by atoms with E-state index in [2.05, 4.69) is 19.5 Å². The largest absolute Gasteiger partial charge is 0.465 e. The van der Waals surface area contributed by atoms with Crippen LogP contribution in [0.4, 0.5) is 26.3 Å². The van der Waals surface area contributed by atoms with Crippen LogP contribution in [0.2, 0.25) is 0 Å². The second-order valence-electron chi connectivity index (χ2n) is 5.96. The monoisotopic (exact) mass is 438 g/mol. The Kier molecular flexibility index (Phi) is 6.88. The van der Waals surface area contributed by atoms with Gasteiger partial charge in [0.25, 0.3) is 0 Å². The number of aliphatic imine (C=N–C) groups is 1. The van der Waals surface area contributed by atoms with Crippen LogP contribution in [-0.4, -0.2) is 48.2 Å². The number of carbonyl (C=O) groups is 2. The van der Waals surface area contributed by atoms with Crippen molar-refractivity contribution in [2.75, 3.05) is 13.2 Å². The number of pyridine rings is 1. The molecule has 2 rings (SSSR count). The molecule has 0 aromatic carbocycles. The lowest BCUT2D eigenvalue weighted by molar-refractivity contribution is -0.149. The molecule has 0 aliphatic carbocycles. The van der Waals surface area contributed by atoms with Gasteiger partial charge in [0.05, 0.1) is 18.8 Å². The van der Waals surface area contributed by atoms with Gasteiger partial charge in [0.1, 0.15) is 11.6 Å². The van der Waals surface area contributed by atoms with Gasteiger partial charge in [0.2, 0.25) is 0 Å². The summed E-state index contributed by atoms with van der Waals surface area (Å²) in [7, 11) is 0. The number of allylic oxidation sites excluding steroid dienone is 1. The van der Waals surface area contributed by atoms with E-state index in [4.69, 9.17) is 0 Å². The summed E-state index contributed by atoms with van der Waals surface area (Å²) in [5, 5.41) is 0. The molecular weight excluding hydrogens is 422 g/mol. The number of aromatic nitrogens is 1. The molecule has 0 amide bonds. The van der Waals surface area contributed by atoms with Crippen LogP contribution < -0.4 is 0 Å². The number of halogens is 6. The van der Waals surface area contributed by atoms with E-state index in [9.17, 15) is 35.9 Å². The van der Waals surface area contributed by atoms with Crippen molar-refractivity contribution in [3.05, 3.63) is 41.4 Å². The first kappa shape index (κ1) is 23.4. The highest BCUT2D eigenvalue weighted by Crippen LogP contribution is 2.47. The van der Waals surface area contributed by atoms with Gasteiger partial charge in [-0.25, -0.2) is 9.79 Å². The predicted octanol–water partition coefficient (Wildman–Crippen LogP) is 3.74. The van der Waals surface area contributed by atoms with E-state index in [1.807, 2.05) is 0 Å². The molecular formula is C18H16F6N2O4. The molecule has 2 unspecified atom stereocenters. The number of ether oxygens (including phenoxy) is 2. The van der Waals surface area contributed by atoms with Gasteiger partial charge < -0.3 is 9.47 Å². The minimum atomic E-state index is -5.43. The quantitative estimate of drug-likeness (QED) is 0.517. The van der Waals surface area contributed by atoms with Crippen LogP contribution in [0.3, 0.4) is 0 Å². The molecule has 30 heavy (non-hydrogen) atoms. The number of alkyl halides is 6. The van der Waals surface area contributed by atoms with Crippen LogP contribution in [0.15, 0.2) is 40.8 Å². The van der Waals surface area contributed by atoms with Gasteiger partial charge in [-0.05, 0) is 31.5 Å². The maximum Gasteiger partial charge on any atom is 0.433 e. The first-order chi connectivity index (χ1) is 13.9. The van der Waals surface area contributed by atoms with Crippen molar-refractivity contribution in [3.63, 3.8) is 0 Å². The molecule has 2 heterocycles. The highest BCUT2D eigenvalue weighted by atomic mass is 19.4. The Morgan fingerprint density at radius 1 is 0.967 bits per heavy atom. The van der Waals surface area contributed by atoms with E-state index in [0.717, 1.165) is 24.5 Å². The first-order valence-electron chi connectivity index (χ1n) is 8.64. The maximum absolute atomic E-state index is 13.7. The molecule has 0 spiro atoms. The molecule has 2 atom stereocenters. The lowest BCUT2D eigenvalue weighted by Gasteiger charge is -2.33. The minimum absolute atomic E-state index is 0.190. The smallest absolute Gasteiger partial charge is 0.433 e.